The Labute approximate surface area is 99.7 Å². The predicted molar refractivity (Wildman–Crippen MR) is 67.2 cm³/mol. The van der Waals surface area contributed by atoms with Gasteiger partial charge in [-0.3, -0.25) is 4.79 Å². The van der Waals surface area contributed by atoms with Gasteiger partial charge in [0.05, 0.1) is 6.61 Å². The van der Waals surface area contributed by atoms with Crippen molar-refractivity contribution in [2.75, 3.05) is 6.61 Å². The first-order chi connectivity index (χ1) is 7.72. The van der Waals surface area contributed by atoms with Crippen molar-refractivity contribution >= 4 is 5.97 Å². The third-order valence-electron chi connectivity index (χ3n) is 2.66. The maximum atomic E-state index is 11.4. The van der Waals surface area contributed by atoms with Crippen molar-refractivity contribution in [2.24, 2.45) is 5.73 Å². The maximum Gasteiger partial charge on any atom is 0.322 e. The van der Waals surface area contributed by atoms with Crippen LogP contribution in [-0.2, 0) is 9.53 Å². The van der Waals surface area contributed by atoms with Crippen molar-refractivity contribution in [3.63, 3.8) is 0 Å². The molecule has 3 nitrogen and oxygen atoms in total. The molecule has 0 aromatic heterocycles. The summed E-state index contributed by atoms with van der Waals surface area (Å²) in [6, 6.07) is -0.419. The lowest BCUT2D eigenvalue weighted by atomic mass is 10.1. The first-order valence-corrected chi connectivity index (χ1v) is 6.64. The third-order valence-corrected chi connectivity index (χ3v) is 2.66. The molecule has 0 bridgehead atoms. The van der Waals surface area contributed by atoms with E-state index in [4.69, 9.17) is 10.5 Å². The monoisotopic (exact) mass is 229 g/mol. The van der Waals surface area contributed by atoms with Crippen LogP contribution in [0.15, 0.2) is 0 Å². The van der Waals surface area contributed by atoms with Crippen molar-refractivity contribution in [1.82, 2.24) is 0 Å². The van der Waals surface area contributed by atoms with E-state index in [9.17, 15) is 4.79 Å². The standard InChI is InChI=1S/C13H27NO2/c1-3-5-7-9-11-16-13(15)12(14)10-8-6-4-2/h12H,3-11,14H2,1-2H3. The fourth-order valence-electron chi connectivity index (χ4n) is 1.54. The molecular weight excluding hydrogens is 202 g/mol. The average molecular weight is 229 g/mol. The fourth-order valence-corrected chi connectivity index (χ4v) is 1.54. The van der Waals surface area contributed by atoms with Gasteiger partial charge < -0.3 is 10.5 Å². The van der Waals surface area contributed by atoms with Crippen LogP contribution < -0.4 is 5.73 Å². The molecular formula is C13H27NO2. The summed E-state index contributed by atoms with van der Waals surface area (Å²) >= 11 is 0. The molecule has 0 aliphatic heterocycles. The van der Waals surface area contributed by atoms with Crippen LogP contribution in [0, 0.1) is 0 Å². The lowest BCUT2D eigenvalue weighted by molar-refractivity contribution is -0.145. The molecule has 96 valence electrons. The topological polar surface area (TPSA) is 52.3 Å². The van der Waals surface area contributed by atoms with E-state index in [2.05, 4.69) is 13.8 Å². The van der Waals surface area contributed by atoms with E-state index in [0.29, 0.717) is 6.61 Å². The highest BCUT2D eigenvalue weighted by atomic mass is 16.5. The highest BCUT2D eigenvalue weighted by molar-refractivity contribution is 5.75. The molecule has 3 heteroatoms. The van der Waals surface area contributed by atoms with Crippen LogP contribution in [0.4, 0.5) is 0 Å². The van der Waals surface area contributed by atoms with Crippen molar-refractivity contribution in [3.05, 3.63) is 0 Å². The van der Waals surface area contributed by atoms with Crippen LogP contribution in [0.2, 0.25) is 0 Å². The minimum absolute atomic E-state index is 0.229. The Morgan fingerprint density at radius 1 is 1.06 bits per heavy atom. The van der Waals surface area contributed by atoms with Gasteiger partial charge in [0.1, 0.15) is 6.04 Å². The first kappa shape index (κ1) is 15.4. The first-order valence-electron chi connectivity index (χ1n) is 6.64. The quantitative estimate of drug-likeness (QED) is 0.463. The van der Waals surface area contributed by atoms with E-state index in [1.807, 2.05) is 0 Å². The molecule has 0 spiro atoms. The Hall–Kier alpha value is -0.570. The van der Waals surface area contributed by atoms with Gasteiger partial charge in [-0.15, -0.1) is 0 Å². The number of nitrogens with two attached hydrogens (primary N) is 1. The van der Waals surface area contributed by atoms with Crippen LogP contribution in [0.1, 0.15) is 65.2 Å². The Morgan fingerprint density at radius 3 is 2.31 bits per heavy atom. The lowest BCUT2D eigenvalue weighted by Gasteiger charge is -2.10. The van der Waals surface area contributed by atoms with Gasteiger partial charge >= 0.3 is 5.97 Å². The Bertz CT molecular complexity index is 171. The van der Waals surface area contributed by atoms with Crippen molar-refractivity contribution in [1.29, 1.82) is 0 Å². The van der Waals surface area contributed by atoms with Crippen molar-refractivity contribution < 1.29 is 9.53 Å². The normalized spacial score (nSPS) is 12.4. The third kappa shape index (κ3) is 8.72. The number of unbranched alkanes of at least 4 members (excludes halogenated alkanes) is 5. The van der Waals surface area contributed by atoms with E-state index >= 15 is 0 Å². The largest absolute Gasteiger partial charge is 0.465 e. The number of carbonyl (C=O) groups is 1. The molecule has 0 aromatic carbocycles. The molecule has 2 N–H and O–H groups in total. The van der Waals surface area contributed by atoms with Crippen LogP contribution in [0.5, 0.6) is 0 Å². The maximum absolute atomic E-state index is 11.4. The summed E-state index contributed by atoms with van der Waals surface area (Å²) in [5.41, 5.74) is 5.72. The zero-order chi connectivity index (χ0) is 12.2. The number of esters is 1. The molecule has 0 aliphatic carbocycles. The fraction of sp³-hybridized carbons (Fsp3) is 0.923. The molecule has 0 saturated carbocycles. The number of hydrogen-bond donors (Lipinski definition) is 1. The lowest BCUT2D eigenvalue weighted by Crippen LogP contribution is -2.32. The van der Waals surface area contributed by atoms with Gasteiger partial charge in [-0.2, -0.15) is 0 Å². The molecule has 0 rings (SSSR count). The summed E-state index contributed by atoms with van der Waals surface area (Å²) in [5, 5.41) is 0. The molecule has 16 heavy (non-hydrogen) atoms. The zero-order valence-corrected chi connectivity index (χ0v) is 10.8. The smallest absolute Gasteiger partial charge is 0.322 e. The second-order valence-electron chi connectivity index (χ2n) is 4.33. The van der Waals surface area contributed by atoms with Gasteiger partial charge in [-0.25, -0.2) is 0 Å². The van der Waals surface area contributed by atoms with Gasteiger partial charge in [0.2, 0.25) is 0 Å². The Kier molecular flexibility index (Phi) is 10.5. The van der Waals surface area contributed by atoms with Crippen LogP contribution >= 0.6 is 0 Å². The average Bonchev–Trinajstić information content (AvgIpc) is 2.28. The molecule has 1 atom stereocenters. The zero-order valence-electron chi connectivity index (χ0n) is 10.8. The molecule has 0 radical (unpaired) electrons. The van der Waals surface area contributed by atoms with Crippen LogP contribution in [-0.4, -0.2) is 18.6 Å². The molecule has 0 aliphatic rings. The van der Waals surface area contributed by atoms with Gasteiger partial charge in [0.25, 0.3) is 0 Å². The van der Waals surface area contributed by atoms with Gasteiger partial charge in [-0.1, -0.05) is 52.4 Å². The molecule has 0 aromatic rings. The molecule has 1 unspecified atom stereocenters. The van der Waals surface area contributed by atoms with Crippen molar-refractivity contribution in [3.8, 4) is 0 Å². The number of ether oxygens (including phenoxy) is 1. The number of carbonyl (C=O) groups excluding carboxylic acids is 1. The molecule has 0 saturated heterocycles. The van der Waals surface area contributed by atoms with Crippen LogP contribution in [0.25, 0.3) is 0 Å². The van der Waals surface area contributed by atoms with E-state index in [1.165, 1.54) is 12.8 Å². The Balaban J connectivity index is 3.40. The highest BCUT2D eigenvalue weighted by Gasteiger charge is 2.13. The van der Waals surface area contributed by atoms with Crippen molar-refractivity contribution in [2.45, 2.75) is 71.3 Å². The molecule has 0 amide bonds. The van der Waals surface area contributed by atoms with E-state index < -0.39 is 6.04 Å². The van der Waals surface area contributed by atoms with Crippen LogP contribution in [0.3, 0.4) is 0 Å². The summed E-state index contributed by atoms with van der Waals surface area (Å²) in [6.07, 6.45) is 8.56. The minimum Gasteiger partial charge on any atom is -0.465 e. The minimum atomic E-state index is -0.419. The molecule has 0 heterocycles. The van der Waals surface area contributed by atoms with Gasteiger partial charge in [-0.05, 0) is 12.8 Å². The van der Waals surface area contributed by atoms with E-state index in [0.717, 1.165) is 38.5 Å². The second-order valence-corrected chi connectivity index (χ2v) is 4.33. The molecule has 0 fully saturated rings. The van der Waals surface area contributed by atoms with Gasteiger partial charge in [0.15, 0.2) is 0 Å². The van der Waals surface area contributed by atoms with Gasteiger partial charge in [0, 0.05) is 0 Å². The summed E-state index contributed by atoms with van der Waals surface area (Å²) < 4.78 is 5.12. The predicted octanol–water partition coefficient (Wildman–Crippen LogP) is 3.02. The SMILES string of the molecule is CCCCCCOC(=O)C(N)CCCCC. The Morgan fingerprint density at radius 2 is 1.69 bits per heavy atom. The summed E-state index contributed by atoms with van der Waals surface area (Å²) in [5.74, 6) is -0.229. The summed E-state index contributed by atoms with van der Waals surface area (Å²) in [4.78, 5) is 11.4. The number of hydrogen-bond acceptors (Lipinski definition) is 3. The van der Waals surface area contributed by atoms with E-state index in [1.54, 1.807) is 0 Å². The summed E-state index contributed by atoms with van der Waals surface area (Å²) in [7, 11) is 0. The second kappa shape index (κ2) is 10.9. The highest BCUT2D eigenvalue weighted by Crippen LogP contribution is 2.04. The van der Waals surface area contributed by atoms with E-state index in [-0.39, 0.29) is 5.97 Å². The number of rotatable bonds is 10. The summed E-state index contributed by atoms with van der Waals surface area (Å²) in [6.45, 7) is 4.83.